The number of carbonyl (C=O) groups is 1. The van der Waals surface area contributed by atoms with Crippen LogP contribution in [0.15, 0.2) is 35.5 Å². The first-order valence-electron chi connectivity index (χ1n) is 8.08. The number of anilines is 1. The Morgan fingerprint density at radius 2 is 1.90 bits per heavy atom. The number of nitro groups is 1. The lowest BCUT2D eigenvalue weighted by Crippen LogP contribution is -2.17. The molecule has 2 aromatic carbocycles. The number of oxime groups is 1. The molecule has 0 saturated heterocycles. The summed E-state index contributed by atoms with van der Waals surface area (Å²) >= 11 is 6.10. The molecule has 0 unspecified atom stereocenters. The van der Waals surface area contributed by atoms with Crippen LogP contribution in [0.2, 0.25) is 5.02 Å². The highest BCUT2D eigenvalue weighted by atomic mass is 35.5. The van der Waals surface area contributed by atoms with Crippen LogP contribution in [-0.4, -0.2) is 45.0 Å². The van der Waals surface area contributed by atoms with E-state index in [0.29, 0.717) is 22.1 Å². The minimum Gasteiger partial charge on any atom is -0.494 e. The third kappa shape index (κ3) is 5.72. The van der Waals surface area contributed by atoms with E-state index >= 15 is 0 Å². The van der Waals surface area contributed by atoms with E-state index in [1.807, 2.05) is 0 Å². The summed E-state index contributed by atoms with van der Waals surface area (Å²) in [6, 6.07) is 7.05. The summed E-state index contributed by atoms with van der Waals surface area (Å²) in [7, 11) is 4.28. The van der Waals surface area contributed by atoms with Crippen molar-refractivity contribution in [2.75, 3.05) is 33.3 Å². The lowest BCUT2D eigenvalue weighted by Gasteiger charge is -2.10. The lowest BCUT2D eigenvalue weighted by molar-refractivity contribution is -0.384. The quantitative estimate of drug-likeness (QED) is 0.373. The summed E-state index contributed by atoms with van der Waals surface area (Å²) in [5.74, 6) is 0.434. The van der Waals surface area contributed by atoms with Crippen molar-refractivity contribution < 1.29 is 28.8 Å². The molecule has 154 valence electrons. The number of non-ortho nitro benzene ring substituents is 1. The number of amides is 1. The maximum atomic E-state index is 12.0. The Kier molecular flexibility index (Phi) is 7.61. The monoisotopic (exact) mass is 423 g/mol. The number of nitrogens with zero attached hydrogens (tertiary/aromatic N) is 2. The average molecular weight is 424 g/mol. The van der Waals surface area contributed by atoms with E-state index in [9.17, 15) is 14.9 Å². The van der Waals surface area contributed by atoms with E-state index in [0.717, 1.165) is 0 Å². The van der Waals surface area contributed by atoms with Gasteiger partial charge in [0.15, 0.2) is 18.1 Å². The predicted molar refractivity (Wildman–Crippen MR) is 106 cm³/mol. The smallest absolute Gasteiger partial charge is 0.273 e. The molecule has 0 bridgehead atoms. The normalized spacial score (nSPS) is 10.5. The van der Waals surface area contributed by atoms with Crippen LogP contribution in [-0.2, 0) is 9.63 Å². The summed E-state index contributed by atoms with van der Waals surface area (Å²) in [5.41, 5.74) is 0.682. The van der Waals surface area contributed by atoms with Gasteiger partial charge in [-0.15, -0.1) is 0 Å². The average Bonchev–Trinajstić information content (AvgIpc) is 2.70. The Bertz CT molecular complexity index is 934. The largest absolute Gasteiger partial charge is 0.494 e. The van der Waals surface area contributed by atoms with Crippen LogP contribution in [0.25, 0.3) is 0 Å². The number of halogens is 1. The number of ether oxygens (including phenoxy) is 3. The molecule has 2 rings (SSSR count). The summed E-state index contributed by atoms with van der Waals surface area (Å²) in [4.78, 5) is 27.2. The molecule has 0 radical (unpaired) electrons. The molecule has 0 spiro atoms. The van der Waals surface area contributed by atoms with Gasteiger partial charge in [0.2, 0.25) is 0 Å². The summed E-state index contributed by atoms with van der Waals surface area (Å²) in [6.45, 7) is -0.391. The molecule has 0 saturated carbocycles. The molecule has 0 fully saturated rings. The highest BCUT2D eigenvalue weighted by molar-refractivity contribution is 6.32. The van der Waals surface area contributed by atoms with Crippen LogP contribution in [0.3, 0.4) is 0 Å². The van der Waals surface area contributed by atoms with Gasteiger partial charge in [0.05, 0.1) is 49.2 Å². The lowest BCUT2D eigenvalue weighted by atomic mass is 10.2. The van der Waals surface area contributed by atoms with Crippen LogP contribution in [0.5, 0.6) is 17.2 Å². The van der Waals surface area contributed by atoms with Crippen LogP contribution in [0.4, 0.5) is 11.4 Å². The van der Waals surface area contributed by atoms with Gasteiger partial charge < -0.3 is 24.4 Å². The maximum Gasteiger partial charge on any atom is 0.273 e. The molecule has 0 aliphatic carbocycles. The van der Waals surface area contributed by atoms with E-state index in [1.165, 1.54) is 45.7 Å². The Hall–Kier alpha value is -3.53. The van der Waals surface area contributed by atoms with E-state index in [-0.39, 0.29) is 17.1 Å². The van der Waals surface area contributed by atoms with Crippen molar-refractivity contribution in [2.24, 2.45) is 5.16 Å². The van der Waals surface area contributed by atoms with Gasteiger partial charge in [0.25, 0.3) is 11.6 Å². The molecular formula is C18H18ClN3O7. The van der Waals surface area contributed by atoms with Gasteiger partial charge in [-0.3, -0.25) is 14.9 Å². The van der Waals surface area contributed by atoms with Gasteiger partial charge in [0.1, 0.15) is 5.75 Å². The Balaban J connectivity index is 1.97. The van der Waals surface area contributed by atoms with Crippen molar-refractivity contribution in [1.82, 2.24) is 0 Å². The van der Waals surface area contributed by atoms with Gasteiger partial charge in [-0.1, -0.05) is 16.8 Å². The van der Waals surface area contributed by atoms with Crippen molar-refractivity contribution in [2.45, 2.75) is 0 Å². The minimum atomic E-state index is -0.563. The van der Waals surface area contributed by atoms with Crippen molar-refractivity contribution in [3.63, 3.8) is 0 Å². The molecule has 0 heterocycles. The number of rotatable bonds is 9. The SMILES string of the molecule is COc1cc([N+](=O)[O-])ccc1NC(=O)CO/N=C/c1cc(Cl)c(OC)c(OC)c1. The number of hydrogen-bond acceptors (Lipinski definition) is 8. The second-order valence-electron chi connectivity index (χ2n) is 5.44. The van der Waals surface area contributed by atoms with Crippen molar-refractivity contribution in [1.29, 1.82) is 0 Å². The van der Waals surface area contributed by atoms with Crippen LogP contribution in [0, 0.1) is 10.1 Å². The highest BCUT2D eigenvalue weighted by Crippen LogP contribution is 2.35. The maximum absolute atomic E-state index is 12.0. The molecule has 1 N–H and O–H groups in total. The first-order valence-corrected chi connectivity index (χ1v) is 8.46. The molecular weight excluding hydrogens is 406 g/mol. The fourth-order valence-corrected chi connectivity index (χ4v) is 2.59. The summed E-state index contributed by atoms with van der Waals surface area (Å²) in [5, 5.41) is 17.4. The molecule has 0 aliphatic heterocycles. The number of hydrogen-bond donors (Lipinski definition) is 1. The van der Waals surface area contributed by atoms with E-state index in [2.05, 4.69) is 10.5 Å². The second-order valence-corrected chi connectivity index (χ2v) is 5.84. The fourth-order valence-electron chi connectivity index (χ4n) is 2.29. The van der Waals surface area contributed by atoms with Crippen molar-refractivity contribution in [3.8, 4) is 17.2 Å². The van der Waals surface area contributed by atoms with Gasteiger partial charge >= 0.3 is 0 Å². The standard InChI is InChI=1S/C18H18ClN3O7/c1-26-15-8-12(22(24)25)4-5-14(15)21-17(23)10-29-20-9-11-6-13(19)18(28-3)16(7-11)27-2/h4-9H,10H2,1-3H3,(H,21,23)/b20-9+. The van der Waals surface area contributed by atoms with Crippen LogP contribution in [0.1, 0.15) is 5.56 Å². The second kappa shape index (κ2) is 10.1. The van der Waals surface area contributed by atoms with Gasteiger partial charge in [-0.05, 0) is 18.2 Å². The number of methoxy groups -OCH3 is 3. The van der Waals surface area contributed by atoms with Gasteiger partial charge in [-0.25, -0.2) is 0 Å². The molecule has 2 aromatic rings. The van der Waals surface area contributed by atoms with Crippen LogP contribution < -0.4 is 19.5 Å². The molecule has 1 amide bonds. The molecule has 0 atom stereocenters. The molecule has 11 heteroatoms. The topological polar surface area (TPSA) is 122 Å². The zero-order chi connectivity index (χ0) is 21.4. The predicted octanol–water partition coefficient (Wildman–Crippen LogP) is 3.26. The first-order chi connectivity index (χ1) is 13.9. The number of carbonyl (C=O) groups excluding carboxylic acids is 1. The van der Waals surface area contributed by atoms with Crippen molar-refractivity contribution in [3.05, 3.63) is 51.0 Å². The number of nitro benzene ring substituents is 1. The zero-order valence-electron chi connectivity index (χ0n) is 15.8. The van der Waals surface area contributed by atoms with Crippen LogP contribution >= 0.6 is 11.6 Å². The van der Waals surface area contributed by atoms with Gasteiger partial charge in [0, 0.05) is 11.6 Å². The molecule has 0 aliphatic rings. The summed E-state index contributed by atoms with van der Waals surface area (Å²) < 4.78 is 15.4. The number of benzene rings is 2. The fraction of sp³-hybridized carbons (Fsp3) is 0.222. The highest BCUT2D eigenvalue weighted by Gasteiger charge is 2.14. The van der Waals surface area contributed by atoms with Crippen molar-refractivity contribution >= 4 is 35.1 Å². The van der Waals surface area contributed by atoms with Gasteiger partial charge in [-0.2, -0.15) is 0 Å². The Labute approximate surface area is 171 Å². The molecule has 29 heavy (non-hydrogen) atoms. The Morgan fingerprint density at radius 3 is 2.52 bits per heavy atom. The summed E-state index contributed by atoms with van der Waals surface area (Å²) in [6.07, 6.45) is 1.35. The van der Waals surface area contributed by atoms with E-state index in [1.54, 1.807) is 12.1 Å². The van der Waals surface area contributed by atoms with E-state index in [4.69, 9.17) is 30.6 Å². The third-order valence-electron chi connectivity index (χ3n) is 3.60. The van der Waals surface area contributed by atoms with E-state index < -0.39 is 17.4 Å². The molecule has 0 aromatic heterocycles. The minimum absolute atomic E-state index is 0.149. The Morgan fingerprint density at radius 1 is 1.17 bits per heavy atom. The first kappa shape index (κ1) is 21.8. The zero-order valence-corrected chi connectivity index (χ0v) is 16.6. The number of nitrogens with one attached hydrogen (secondary N) is 1. The third-order valence-corrected chi connectivity index (χ3v) is 3.88. The molecule has 10 nitrogen and oxygen atoms in total.